The second-order valence-electron chi connectivity index (χ2n) is 6.47. The van der Waals surface area contributed by atoms with Crippen molar-refractivity contribution >= 4 is 11.8 Å². The maximum Gasteiger partial charge on any atom is 0.229 e. The summed E-state index contributed by atoms with van der Waals surface area (Å²) in [6.07, 6.45) is 1.82. The summed E-state index contributed by atoms with van der Waals surface area (Å²) < 4.78 is 11.0. The lowest BCUT2D eigenvalue weighted by molar-refractivity contribution is 0.362. The van der Waals surface area contributed by atoms with Gasteiger partial charge in [-0.15, -0.1) is 11.8 Å². The summed E-state index contributed by atoms with van der Waals surface area (Å²) in [6.45, 7) is 12.5. The lowest BCUT2D eigenvalue weighted by atomic mass is 9.94. The van der Waals surface area contributed by atoms with Gasteiger partial charge in [-0.3, -0.25) is 0 Å². The Morgan fingerprint density at radius 2 is 1.90 bits per heavy atom. The molecule has 2 rings (SSSR count). The summed E-state index contributed by atoms with van der Waals surface area (Å²) in [5.74, 6) is 4.01. The SMILES string of the molecule is CC(C)c1nc(CS[C@@H](C)c2ncc(C(C)(C)C)o2)no1. The standard InChI is InChI=1S/C15H23N3O2S/c1-9(2)13-17-12(18-20-13)8-21-10(3)14-16-7-11(19-14)15(4,5)6/h7,9-10H,8H2,1-6H3/t10-/m0/s1. The average molecular weight is 309 g/mol. The molecule has 0 N–H and O–H groups in total. The smallest absolute Gasteiger partial charge is 0.229 e. The Kier molecular flexibility index (Phi) is 4.76. The molecule has 0 aliphatic carbocycles. The summed E-state index contributed by atoms with van der Waals surface area (Å²) in [7, 11) is 0. The van der Waals surface area contributed by atoms with Gasteiger partial charge in [0.15, 0.2) is 5.82 Å². The van der Waals surface area contributed by atoms with Crippen LogP contribution in [0.25, 0.3) is 0 Å². The number of aromatic nitrogens is 3. The predicted molar refractivity (Wildman–Crippen MR) is 83.3 cm³/mol. The quantitative estimate of drug-likeness (QED) is 0.811. The Morgan fingerprint density at radius 1 is 1.19 bits per heavy atom. The predicted octanol–water partition coefficient (Wildman–Crippen LogP) is 4.47. The van der Waals surface area contributed by atoms with Crippen molar-refractivity contribution in [2.45, 2.75) is 63.9 Å². The fourth-order valence-corrected chi connectivity index (χ4v) is 2.42. The van der Waals surface area contributed by atoms with E-state index in [0.29, 0.717) is 11.6 Å². The van der Waals surface area contributed by atoms with E-state index in [4.69, 9.17) is 8.94 Å². The molecule has 2 aromatic rings. The molecule has 0 aromatic carbocycles. The Morgan fingerprint density at radius 3 is 2.43 bits per heavy atom. The third-order valence-electron chi connectivity index (χ3n) is 3.05. The Hall–Kier alpha value is -1.30. The normalized spacial score (nSPS) is 13.9. The molecule has 5 nitrogen and oxygen atoms in total. The van der Waals surface area contributed by atoms with Crippen molar-refractivity contribution in [1.82, 2.24) is 15.1 Å². The molecule has 116 valence electrons. The lowest BCUT2D eigenvalue weighted by Gasteiger charge is -2.13. The average Bonchev–Trinajstić information content (AvgIpc) is 3.04. The first kappa shape index (κ1) is 16.1. The number of hydrogen-bond acceptors (Lipinski definition) is 6. The molecule has 0 fully saturated rings. The highest BCUT2D eigenvalue weighted by atomic mass is 32.2. The van der Waals surface area contributed by atoms with Gasteiger partial charge < -0.3 is 8.94 Å². The van der Waals surface area contributed by atoms with E-state index in [1.807, 2.05) is 20.0 Å². The second-order valence-corrected chi connectivity index (χ2v) is 7.80. The Bertz CT molecular complexity index is 584. The van der Waals surface area contributed by atoms with Crippen molar-refractivity contribution in [2.24, 2.45) is 0 Å². The van der Waals surface area contributed by atoms with Crippen LogP contribution in [-0.2, 0) is 11.2 Å². The van der Waals surface area contributed by atoms with Gasteiger partial charge in [0, 0.05) is 11.3 Å². The van der Waals surface area contributed by atoms with Gasteiger partial charge in [-0.1, -0.05) is 39.8 Å². The van der Waals surface area contributed by atoms with Crippen molar-refractivity contribution in [2.75, 3.05) is 0 Å². The van der Waals surface area contributed by atoms with Crippen molar-refractivity contribution in [1.29, 1.82) is 0 Å². The minimum absolute atomic E-state index is 0.0184. The highest BCUT2D eigenvalue weighted by Crippen LogP contribution is 2.32. The highest BCUT2D eigenvalue weighted by molar-refractivity contribution is 7.98. The monoisotopic (exact) mass is 309 g/mol. The van der Waals surface area contributed by atoms with E-state index in [9.17, 15) is 0 Å². The van der Waals surface area contributed by atoms with E-state index in [1.165, 1.54) is 0 Å². The van der Waals surface area contributed by atoms with Crippen molar-refractivity contribution < 1.29 is 8.94 Å². The van der Waals surface area contributed by atoms with E-state index < -0.39 is 0 Å². The molecule has 2 aromatic heterocycles. The molecule has 0 unspecified atom stereocenters. The Balaban J connectivity index is 1.95. The molecule has 0 saturated heterocycles. The van der Waals surface area contributed by atoms with Crippen LogP contribution >= 0.6 is 11.8 Å². The van der Waals surface area contributed by atoms with Crippen molar-refractivity contribution in [3.8, 4) is 0 Å². The molecular weight excluding hydrogens is 286 g/mol. The van der Waals surface area contributed by atoms with E-state index in [-0.39, 0.29) is 16.6 Å². The summed E-state index contributed by atoms with van der Waals surface area (Å²) in [6, 6.07) is 0. The van der Waals surface area contributed by atoms with Gasteiger partial charge in [0.25, 0.3) is 0 Å². The van der Waals surface area contributed by atoms with Crippen LogP contribution < -0.4 is 0 Å². The van der Waals surface area contributed by atoms with Crippen LogP contribution in [0.15, 0.2) is 15.1 Å². The first-order valence-corrected chi connectivity index (χ1v) is 8.22. The van der Waals surface area contributed by atoms with Gasteiger partial charge in [0.1, 0.15) is 5.76 Å². The van der Waals surface area contributed by atoms with Crippen LogP contribution in [0.5, 0.6) is 0 Å². The molecule has 0 radical (unpaired) electrons. The first-order chi connectivity index (χ1) is 9.77. The van der Waals surface area contributed by atoms with Crippen LogP contribution in [0.2, 0.25) is 0 Å². The lowest BCUT2D eigenvalue weighted by Crippen LogP contribution is -2.09. The van der Waals surface area contributed by atoms with E-state index >= 15 is 0 Å². The van der Waals surface area contributed by atoms with Crippen LogP contribution in [-0.4, -0.2) is 15.1 Å². The molecular formula is C15H23N3O2S. The largest absolute Gasteiger partial charge is 0.444 e. The van der Waals surface area contributed by atoms with E-state index in [1.54, 1.807) is 11.8 Å². The molecule has 0 aliphatic heterocycles. The zero-order valence-corrected chi connectivity index (χ0v) is 14.3. The molecule has 21 heavy (non-hydrogen) atoms. The minimum Gasteiger partial charge on any atom is -0.444 e. The number of nitrogens with zero attached hydrogens (tertiary/aromatic N) is 3. The van der Waals surface area contributed by atoms with Gasteiger partial charge in [-0.25, -0.2) is 4.98 Å². The summed E-state index contributed by atoms with van der Waals surface area (Å²) in [5.41, 5.74) is -0.0184. The molecule has 0 amide bonds. The molecule has 0 bridgehead atoms. The summed E-state index contributed by atoms with van der Waals surface area (Å²) >= 11 is 1.69. The molecule has 6 heteroatoms. The fourth-order valence-electron chi connectivity index (χ4n) is 1.65. The third-order valence-corrected chi connectivity index (χ3v) is 4.18. The maximum absolute atomic E-state index is 5.85. The molecule has 1 atom stereocenters. The highest BCUT2D eigenvalue weighted by Gasteiger charge is 2.22. The third kappa shape index (κ3) is 4.09. The first-order valence-electron chi connectivity index (χ1n) is 7.17. The number of oxazole rings is 1. The number of rotatable bonds is 5. The topological polar surface area (TPSA) is 65.0 Å². The molecule has 0 aliphatic rings. The summed E-state index contributed by atoms with van der Waals surface area (Å²) in [5, 5.41) is 4.14. The second kappa shape index (κ2) is 6.22. The van der Waals surface area contributed by atoms with Crippen LogP contribution in [0.3, 0.4) is 0 Å². The van der Waals surface area contributed by atoms with Crippen LogP contribution in [0.1, 0.15) is 76.1 Å². The van der Waals surface area contributed by atoms with E-state index in [2.05, 4.69) is 42.8 Å². The summed E-state index contributed by atoms with van der Waals surface area (Å²) in [4.78, 5) is 8.75. The van der Waals surface area contributed by atoms with Crippen LogP contribution in [0, 0.1) is 0 Å². The molecule has 0 saturated carbocycles. The van der Waals surface area contributed by atoms with Gasteiger partial charge in [0.2, 0.25) is 11.8 Å². The van der Waals surface area contributed by atoms with E-state index in [0.717, 1.165) is 17.5 Å². The van der Waals surface area contributed by atoms with Gasteiger partial charge in [-0.05, 0) is 6.92 Å². The molecule has 2 heterocycles. The van der Waals surface area contributed by atoms with Gasteiger partial charge >= 0.3 is 0 Å². The van der Waals surface area contributed by atoms with Gasteiger partial charge in [-0.2, -0.15) is 4.98 Å². The molecule has 0 spiro atoms. The van der Waals surface area contributed by atoms with Gasteiger partial charge in [0.05, 0.1) is 17.2 Å². The zero-order valence-electron chi connectivity index (χ0n) is 13.5. The number of hydrogen-bond donors (Lipinski definition) is 0. The minimum atomic E-state index is -0.0184. The Labute approximate surface area is 129 Å². The zero-order chi connectivity index (χ0) is 15.6. The van der Waals surface area contributed by atoms with Crippen molar-refractivity contribution in [3.05, 3.63) is 29.6 Å². The number of thioether (sulfide) groups is 1. The van der Waals surface area contributed by atoms with Crippen molar-refractivity contribution in [3.63, 3.8) is 0 Å². The fraction of sp³-hybridized carbons (Fsp3) is 0.667. The maximum atomic E-state index is 5.85. The van der Waals surface area contributed by atoms with Crippen LogP contribution in [0.4, 0.5) is 0 Å².